The normalized spacial score (nSPS) is 14.7. The summed E-state index contributed by atoms with van der Waals surface area (Å²) in [5.41, 5.74) is 9.25. The van der Waals surface area contributed by atoms with Crippen LogP contribution in [0.5, 0.6) is 0 Å². The molecule has 1 aromatic heterocycles. The van der Waals surface area contributed by atoms with Crippen molar-refractivity contribution in [3.05, 3.63) is 17.0 Å². The van der Waals surface area contributed by atoms with E-state index in [4.69, 9.17) is 5.73 Å². The fourth-order valence-electron chi connectivity index (χ4n) is 1.89. The van der Waals surface area contributed by atoms with E-state index in [0.29, 0.717) is 11.1 Å². The van der Waals surface area contributed by atoms with Crippen LogP contribution in [0.4, 0.5) is 0 Å². The van der Waals surface area contributed by atoms with Gasteiger partial charge in [0.1, 0.15) is 0 Å². The number of nitrogens with two attached hydrogens (primary N) is 1. The smallest absolute Gasteiger partial charge is 0.188 e. The van der Waals surface area contributed by atoms with Crippen molar-refractivity contribution < 1.29 is 5.11 Å². The Morgan fingerprint density at radius 3 is 2.11 bits per heavy atom. The van der Waals surface area contributed by atoms with Gasteiger partial charge in [-0.3, -0.25) is 0 Å². The van der Waals surface area contributed by atoms with E-state index in [1.807, 2.05) is 20.8 Å². The van der Waals surface area contributed by atoms with E-state index in [-0.39, 0.29) is 17.9 Å². The summed E-state index contributed by atoms with van der Waals surface area (Å²) in [6.07, 6.45) is 0.891. The Kier molecular flexibility index (Phi) is 6.23. The minimum absolute atomic E-state index is 0.0412. The lowest BCUT2D eigenvalue weighted by Gasteiger charge is -2.22. The molecule has 0 amide bonds. The molecule has 2 atom stereocenters. The molecule has 1 rings (SSSR count). The van der Waals surface area contributed by atoms with E-state index in [0.717, 1.165) is 23.4 Å². The molecule has 19 heavy (non-hydrogen) atoms. The van der Waals surface area contributed by atoms with Crippen molar-refractivity contribution in [3.8, 4) is 0 Å². The Hall–Kier alpha value is -0.650. The summed E-state index contributed by atoms with van der Waals surface area (Å²) in [7, 11) is 0. The van der Waals surface area contributed by atoms with Gasteiger partial charge >= 0.3 is 0 Å². The Labute approximate surface area is 120 Å². The van der Waals surface area contributed by atoms with Gasteiger partial charge in [-0.05, 0) is 38.7 Å². The zero-order valence-corrected chi connectivity index (χ0v) is 13.3. The molecule has 0 saturated carbocycles. The number of aryl methyl sites for hydroxylation is 2. The van der Waals surface area contributed by atoms with Gasteiger partial charge in [-0.1, -0.05) is 25.6 Å². The summed E-state index contributed by atoms with van der Waals surface area (Å²) >= 11 is 1.48. The molecule has 0 spiro atoms. The van der Waals surface area contributed by atoms with Crippen molar-refractivity contribution in [2.24, 2.45) is 11.7 Å². The van der Waals surface area contributed by atoms with Crippen LogP contribution in [0.15, 0.2) is 5.16 Å². The third kappa shape index (κ3) is 4.75. The molecule has 0 radical (unpaired) electrons. The standard InChI is InChI=1S/C14H25N3OS/c1-8(2)6-12(15)13(7-18)19-14-16-10(4)9(3)11(5)17-14/h8,12-13,18H,6-7,15H2,1-5H3. The molecule has 2 unspecified atom stereocenters. The Morgan fingerprint density at radius 1 is 1.16 bits per heavy atom. The van der Waals surface area contributed by atoms with Gasteiger partial charge in [0.05, 0.1) is 11.9 Å². The predicted molar refractivity (Wildman–Crippen MR) is 80.4 cm³/mol. The van der Waals surface area contributed by atoms with Crippen molar-refractivity contribution in [1.82, 2.24) is 9.97 Å². The number of aliphatic hydroxyl groups is 1. The van der Waals surface area contributed by atoms with Crippen molar-refractivity contribution in [2.45, 2.75) is 57.5 Å². The molecule has 5 heteroatoms. The van der Waals surface area contributed by atoms with Crippen molar-refractivity contribution in [2.75, 3.05) is 6.61 Å². The summed E-state index contributed by atoms with van der Waals surface area (Å²) < 4.78 is 0. The van der Waals surface area contributed by atoms with Gasteiger partial charge in [-0.25, -0.2) is 9.97 Å². The third-order valence-electron chi connectivity index (χ3n) is 3.27. The second-order valence-electron chi connectivity index (χ2n) is 5.43. The van der Waals surface area contributed by atoms with Crippen LogP contribution in [0.25, 0.3) is 0 Å². The SMILES string of the molecule is Cc1nc(SC(CO)C(N)CC(C)C)nc(C)c1C. The molecule has 0 fully saturated rings. The van der Waals surface area contributed by atoms with Gasteiger partial charge in [-0.15, -0.1) is 0 Å². The molecule has 0 saturated heterocycles. The number of nitrogens with zero attached hydrogens (tertiary/aromatic N) is 2. The minimum Gasteiger partial charge on any atom is -0.395 e. The highest BCUT2D eigenvalue weighted by atomic mass is 32.2. The molecule has 0 aliphatic rings. The Morgan fingerprint density at radius 2 is 1.68 bits per heavy atom. The Bertz CT molecular complexity index is 400. The van der Waals surface area contributed by atoms with Crippen LogP contribution in [0.3, 0.4) is 0 Å². The lowest BCUT2D eigenvalue weighted by molar-refractivity contribution is 0.274. The topological polar surface area (TPSA) is 72.0 Å². The highest BCUT2D eigenvalue weighted by molar-refractivity contribution is 7.99. The first kappa shape index (κ1) is 16.4. The molecule has 3 N–H and O–H groups in total. The highest BCUT2D eigenvalue weighted by Crippen LogP contribution is 2.25. The van der Waals surface area contributed by atoms with E-state index in [2.05, 4.69) is 23.8 Å². The Balaban J connectivity index is 2.81. The molecule has 0 aliphatic carbocycles. The molecule has 108 valence electrons. The van der Waals surface area contributed by atoms with E-state index >= 15 is 0 Å². The largest absolute Gasteiger partial charge is 0.395 e. The van der Waals surface area contributed by atoms with Crippen LogP contribution in [0, 0.1) is 26.7 Å². The molecule has 0 aliphatic heterocycles. The average molecular weight is 283 g/mol. The molecular formula is C14H25N3OS. The quantitative estimate of drug-likeness (QED) is 0.619. The lowest BCUT2D eigenvalue weighted by atomic mass is 10.0. The van der Waals surface area contributed by atoms with E-state index < -0.39 is 0 Å². The van der Waals surface area contributed by atoms with Gasteiger partial charge in [-0.2, -0.15) is 0 Å². The van der Waals surface area contributed by atoms with Gasteiger partial charge < -0.3 is 10.8 Å². The first-order valence-corrected chi connectivity index (χ1v) is 7.58. The minimum atomic E-state index is -0.0519. The third-order valence-corrected chi connectivity index (χ3v) is 4.46. The summed E-state index contributed by atoms with van der Waals surface area (Å²) in [6, 6.07) is -0.0412. The highest BCUT2D eigenvalue weighted by Gasteiger charge is 2.21. The zero-order chi connectivity index (χ0) is 14.6. The lowest BCUT2D eigenvalue weighted by Crippen LogP contribution is -2.36. The number of aliphatic hydroxyl groups excluding tert-OH is 1. The van der Waals surface area contributed by atoms with E-state index in [1.165, 1.54) is 11.8 Å². The van der Waals surface area contributed by atoms with Crippen LogP contribution in [0.2, 0.25) is 0 Å². The molecular weight excluding hydrogens is 258 g/mol. The van der Waals surface area contributed by atoms with Gasteiger partial charge in [0, 0.05) is 17.4 Å². The maximum atomic E-state index is 9.51. The number of aromatic nitrogens is 2. The molecule has 0 bridgehead atoms. The number of hydrogen-bond acceptors (Lipinski definition) is 5. The van der Waals surface area contributed by atoms with Gasteiger partial charge in [0.2, 0.25) is 0 Å². The molecule has 1 aromatic rings. The summed E-state index contributed by atoms with van der Waals surface area (Å²) in [4.78, 5) is 8.94. The maximum absolute atomic E-state index is 9.51. The number of hydrogen-bond donors (Lipinski definition) is 2. The van der Waals surface area contributed by atoms with Crippen LogP contribution >= 0.6 is 11.8 Å². The second-order valence-corrected chi connectivity index (χ2v) is 6.64. The molecule has 1 heterocycles. The van der Waals surface area contributed by atoms with Crippen LogP contribution in [-0.4, -0.2) is 33.0 Å². The molecule has 0 aromatic carbocycles. The summed E-state index contributed by atoms with van der Waals surface area (Å²) in [5.74, 6) is 0.520. The van der Waals surface area contributed by atoms with Crippen LogP contribution < -0.4 is 5.73 Å². The van der Waals surface area contributed by atoms with E-state index in [1.54, 1.807) is 0 Å². The average Bonchev–Trinajstić information content (AvgIpc) is 2.31. The fourth-order valence-corrected chi connectivity index (χ4v) is 2.90. The second kappa shape index (κ2) is 7.22. The number of thioether (sulfide) groups is 1. The first-order valence-electron chi connectivity index (χ1n) is 6.70. The zero-order valence-electron chi connectivity index (χ0n) is 12.5. The van der Waals surface area contributed by atoms with Crippen molar-refractivity contribution in [3.63, 3.8) is 0 Å². The predicted octanol–water partition coefficient (Wildman–Crippen LogP) is 2.23. The van der Waals surface area contributed by atoms with Crippen molar-refractivity contribution in [1.29, 1.82) is 0 Å². The fraction of sp³-hybridized carbons (Fsp3) is 0.714. The van der Waals surface area contributed by atoms with E-state index in [9.17, 15) is 5.11 Å². The van der Waals surface area contributed by atoms with Crippen molar-refractivity contribution >= 4 is 11.8 Å². The van der Waals surface area contributed by atoms with Gasteiger partial charge in [0.15, 0.2) is 5.16 Å². The monoisotopic (exact) mass is 283 g/mol. The summed E-state index contributed by atoms with van der Waals surface area (Å²) in [5, 5.41) is 10.2. The summed E-state index contributed by atoms with van der Waals surface area (Å²) in [6.45, 7) is 10.3. The van der Waals surface area contributed by atoms with Crippen LogP contribution in [0.1, 0.15) is 37.2 Å². The molecule has 4 nitrogen and oxygen atoms in total. The number of rotatable bonds is 6. The first-order chi connectivity index (χ1) is 8.85. The van der Waals surface area contributed by atoms with Crippen LogP contribution in [-0.2, 0) is 0 Å². The maximum Gasteiger partial charge on any atom is 0.188 e. The van der Waals surface area contributed by atoms with Gasteiger partial charge in [0.25, 0.3) is 0 Å².